The third-order valence-electron chi connectivity index (χ3n) is 5.89. The van der Waals surface area contributed by atoms with Crippen molar-refractivity contribution >= 4 is 49.3 Å². The van der Waals surface area contributed by atoms with Crippen molar-refractivity contribution in [1.82, 2.24) is 14.5 Å². The zero-order valence-corrected chi connectivity index (χ0v) is 20.9. The number of carbonyl (C=O) groups excluding carboxylic acids is 1. The lowest BCUT2D eigenvalue weighted by Crippen LogP contribution is -2.25. The second-order valence-electron chi connectivity index (χ2n) is 8.20. The van der Waals surface area contributed by atoms with Crippen LogP contribution in [0.2, 0.25) is 0 Å². The first kappa shape index (κ1) is 23.3. The Bertz CT molecular complexity index is 1560. The largest absolute Gasteiger partial charge is 0.497 e. The van der Waals surface area contributed by atoms with Gasteiger partial charge in [0.25, 0.3) is 5.56 Å². The fourth-order valence-corrected chi connectivity index (χ4v) is 5.89. The van der Waals surface area contributed by atoms with Gasteiger partial charge in [-0.1, -0.05) is 49.0 Å². The first-order valence-corrected chi connectivity index (χ1v) is 13.0. The Balaban J connectivity index is 1.52. The summed E-state index contributed by atoms with van der Waals surface area (Å²) in [6.07, 6.45) is 1.72. The van der Waals surface area contributed by atoms with Gasteiger partial charge in [0.15, 0.2) is 10.9 Å². The van der Waals surface area contributed by atoms with Crippen LogP contribution in [0.15, 0.2) is 82.9 Å². The summed E-state index contributed by atoms with van der Waals surface area (Å²) in [5.74, 6) is 0.927. The van der Waals surface area contributed by atoms with Crippen molar-refractivity contribution in [3.63, 3.8) is 0 Å². The van der Waals surface area contributed by atoms with Crippen LogP contribution in [0.3, 0.4) is 0 Å². The number of Topliss-reactive ketones (excluding diaryl/α,β-unsaturated/α-hetero) is 1. The highest BCUT2D eigenvalue weighted by molar-refractivity contribution is 7.99. The van der Waals surface area contributed by atoms with Gasteiger partial charge >= 0.3 is 0 Å². The van der Waals surface area contributed by atoms with E-state index < -0.39 is 0 Å². The van der Waals surface area contributed by atoms with Gasteiger partial charge in [0.05, 0.1) is 18.4 Å². The third-order valence-corrected chi connectivity index (χ3v) is 7.95. The Kier molecular flexibility index (Phi) is 6.66. The molecule has 0 aliphatic rings. The van der Waals surface area contributed by atoms with Crippen molar-refractivity contribution in [1.29, 1.82) is 0 Å². The molecular formula is C27H23N3O3S2. The average Bonchev–Trinajstić information content (AvgIpc) is 3.28. The summed E-state index contributed by atoms with van der Waals surface area (Å²) in [5.41, 5.74) is 2.28. The quantitative estimate of drug-likeness (QED) is 0.152. The molecule has 0 radical (unpaired) electrons. The molecule has 6 nitrogen and oxygen atoms in total. The fourth-order valence-electron chi connectivity index (χ4n) is 3.96. The minimum absolute atomic E-state index is 0.0356. The van der Waals surface area contributed by atoms with E-state index in [1.807, 2.05) is 30.3 Å². The Morgan fingerprint density at radius 1 is 1.09 bits per heavy atom. The number of methoxy groups -OCH3 is 1. The van der Waals surface area contributed by atoms with E-state index in [4.69, 9.17) is 9.72 Å². The molecule has 0 spiro atoms. The number of ketones is 1. The smallest absolute Gasteiger partial charge is 0.272 e. The van der Waals surface area contributed by atoms with Crippen molar-refractivity contribution in [3.8, 4) is 5.75 Å². The maximum Gasteiger partial charge on any atom is 0.272 e. The number of hydrogen-bond acceptors (Lipinski definition) is 7. The zero-order valence-electron chi connectivity index (χ0n) is 19.3. The molecule has 0 bridgehead atoms. The van der Waals surface area contributed by atoms with E-state index in [-0.39, 0.29) is 23.0 Å². The summed E-state index contributed by atoms with van der Waals surface area (Å²) in [6, 6.07) is 20.9. The Hall–Kier alpha value is -3.49. The molecule has 5 aromatic rings. The molecule has 8 heteroatoms. The molecule has 1 atom stereocenters. The highest BCUT2D eigenvalue weighted by Crippen LogP contribution is 2.31. The monoisotopic (exact) mass is 501 g/mol. The van der Waals surface area contributed by atoms with Crippen molar-refractivity contribution in [2.45, 2.75) is 24.5 Å². The van der Waals surface area contributed by atoms with Crippen molar-refractivity contribution in [2.75, 3.05) is 12.9 Å². The van der Waals surface area contributed by atoms with Gasteiger partial charge in [0, 0.05) is 23.7 Å². The minimum atomic E-state index is -0.0971. The van der Waals surface area contributed by atoms with Gasteiger partial charge in [-0.05, 0) is 47.9 Å². The number of aromatic nitrogens is 3. The zero-order chi connectivity index (χ0) is 24.4. The highest BCUT2D eigenvalue weighted by Gasteiger charge is 2.20. The molecule has 2 aromatic carbocycles. The summed E-state index contributed by atoms with van der Waals surface area (Å²) in [6.45, 7) is 2.56. The molecule has 35 heavy (non-hydrogen) atoms. The number of thioether (sulfide) groups is 1. The van der Waals surface area contributed by atoms with Crippen LogP contribution in [0.25, 0.3) is 20.4 Å². The van der Waals surface area contributed by atoms with E-state index in [1.54, 1.807) is 42.1 Å². The minimum Gasteiger partial charge on any atom is -0.497 e. The van der Waals surface area contributed by atoms with Gasteiger partial charge in [-0.3, -0.25) is 14.2 Å². The lowest BCUT2D eigenvalue weighted by Gasteiger charge is -2.17. The van der Waals surface area contributed by atoms with Crippen LogP contribution < -0.4 is 10.3 Å². The van der Waals surface area contributed by atoms with E-state index in [0.717, 1.165) is 15.8 Å². The molecule has 3 aromatic heterocycles. The van der Waals surface area contributed by atoms with E-state index in [1.165, 1.54) is 23.1 Å². The predicted molar refractivity (Wildman–Crippen MR) is 142 cm³/mol. The summed E-state index contributed by atoms with van der Waals surface area (Å²) < 4.78 is 7.48. The Labute approximate surface area is 210 Å². The maximum absolute atomic E-state index is 13.7. The number of nitrogens with zero attached hydrogens (tertiary/aromatic N) is 3. The SMILES string of the molecule is COc1ccc(C(=O)CSc2nc3c(sc4ncccc43)c(=O)n2C[C@@H](C)c2ccccc2)cc1. The molecule has 5 rings (SSSR count). The van der Waals surface area contributed by atoms with Crippen LogP contribution in [0.4, 0.5) is 0 Å². The molecule has 176 valence electrons. The van der Waals surface area contributed by atoms with E-state index in [9.17, 15) is 9.59 Å². The van der Waals surface area contributed by atoms with Gasteiger partial charge in [-0.2, -0.15) is 0 Å². The van der Waals surface area contributed by atoms with Crippen LogP contribution in [0, 0.1) is 0 Å². The Morgan fingerprint density at radius 2 is 1.86 bits per heavy atom. The molecule has 0 amide bonds. The van der Waals surface area contributed by atoms with E-state index >= 15 is 0 Å². The molecule has 0 aliphatic carbocycles. The van der Waals surface area contributed by atoms with Crippen LogP contribution in [0.5, 0.6) is 5.75 Å². The third kappa shape index (κ3) is 4.72. The Morgan fingerprint density at radius 3 is 2.60 bits per heavy atom. The summed E-state index contributed by atoms with van der Waals surface area (Å²) >= 11 is 2.66. The standard InChI is InChI=1S/C27H23N3O3S2/c1-17(18-7-4-3-5-8-18)15-30-26(32)24-23(21-9-6-14-28-25(21)35-24)29-27(30)34-16-22(31)19-10-12-20(33-2)13-11-19/h3-14,17H,15-16H2,1-2H3/t17-/m1/s1. The van der Waals surface area contributed by atoms with E-state index in [2.05, 4.69) is 24.0 Å². The van der Waals surface area contributed by atoms with Crippen molar-refractivity contribution in [2.24, 2.45) is 0 Å². The number of benzene rings is 2. The van der Waals surface area contributed by atoms with Crippen molar-refractivity contribution in [3.05, 3.63) is 94.4 Å². The summed E-state index contributed by atoms with van der Waals surface area (Å²) in [4.78, 5) is 36.6. The van der Waals surface area contributed by atoms with Crippen LogP contribution in [0.1, 0.15) is 28.8 Å². The molecular weight excluding hydrogens is 478 g/mol. The highest BCUT2D eigenvalue weighted by atomic mass is 32.2. The number of thiophene rings is 1. The fraction of sp³-hybridized carbons (Fsp3) is 0.185. The first-order valence-electron chi connectivity index (χ1n) is 11.2. The first-order chi connectivity index (χ1) is 17.0. The number of ether oxygens (including phenoxy) is 1. The maximum atomic E-state index is 13.7. The molecule has 0 saturated heterocycles. The van der Waals surface area contributed by atoms with Gasteiger partial charge in [0.2, 0.25) is 0 Å². The molecule has 0 N–H and O–H groups in total. The lowest BCUT2D eigenvalue weighted by atomic mass is 10.0. The van der Waals surface area contributed by atoms with Gasteiger partial charge in [-0.25, -0.2) is 9.97 Å². The van der Waals surface area contributed by atoms with Gasteiger partial charge in [-0.15, -0.1) is 11.3 Å². The number of hydrogen-bond donors (Lipinski definition) is 0. The van der Waals surface area contributed by atoms with Gasteiger partial charge < -0.3 is 4.74 Å². The molecule has 3 heterocycles. The summed E-state index contributed by atoms with van der Waals surface area (Å²) in [7, 11) is 1.59. The summed E-state index contributed by atoms with van der Waals surface area (Å²) in [5, 5.41) is 1.40. The van der Waals surface area contributed by atoms with Crippen molar-refractivity contribution < 1.29 is 9.53 Å². The average molecular weight is 502 g/mol. The molecule has 0 saturated carbocycles. The topological polar surface area (TPSA) is 74.1 Å². The normalized spacial score (nSPS) is 12.2. The van der Waals surface area contributed by atoms with E-state index in [0.29, 0.717) is 33.2 Å². The van der Waals surface area contributed by atoms with Crippen LogP contribution in [-0.2, 0) is 6.54 Å². The molecule has 0 aliphatic heterocycles. The number of rotatable bonds is 8. The number of carbonyl (C=O) groups is 1. The second kappa shape index (κ2) is 10.0. The lowest BCUT2D eigenvalue weighted by molar-refractivity contribution is 0.102. The molecule has 0 unspecified atom stereocenters. The van der Waals surface area contributed by atoms with Crippen LogP contribution >= 0.6 is 23.1 Å². The number of fused-ring (bicyclic) bond motifs is 3. The second-order valence-corrected chi connectivity index (χ2v) is 10.1. The van der Waals surface area contributed by atoms with Crippen LogP contribution in [-0.4, -0.2) is 33.2 Å². The number of pyridine rings is 1. The van der Waals surface area contributed by atoms with Gasteiger partial charge in [0.1, 0.15) is 15.3 Å². The molecule has 0 fully saturated rings. The predicted octanol–water partition coefficient (Wildman–Crippen LogP) is 5.79.